The number of rotatable bonds is 6. The normalized spacial score (nSPS) is 13.7. The number of ether oxygens (including phenoxy) is 1. The van der Waals surface area contributed by atoms with E-state index in [2.05, 4.69) is 4.74 Å². The molecule has 0 fully saturated rings. The molecule has 0 N–H and O–H groups in total. The smallest absolute Gasteiger partial charge is 0.416 e. The average molecular weight is 346 g/mol. The number of carbonyl (C=O) groups is 1. The second-order valence-electron chi connectivity index (χ2n) is 4.77. The molecule has 130 valence electrons. The van der Waals surface area contributed by atoms with Crippen molar-refractivity contribution in [2.75, 3.05) is 6.61 Å². The Hall–Kier alpha value is -1.80. The van der Waals surface area contributed by atoms with Crippen LogP contribution in [0.3, 0.4) is 0 Å². The van der Waals surface area contributed by atoms with Gasteiger partial charge in [-0.15, -0.1) is 0 Å². The van der Waals surface area contributed by atoms with Gasteiger partial charge in [-0.05, 0) is 37.1 Å². The van der Waals surface area contributed by atoms with E-state index < -0.39 is 42.9 Å². The zero-order valence-corrected chi connectivity index (χ0v) is 11.7. The van der Waals surface area contributed by atoms with Gasteiger partial charge >= 0.3 is 18.3 Å². The van der Waals surface area contributed by atoms with Crippen LogP contribution in [0.1, 0.15) is 35.2 Å². The van der Waals surface area contributed by atoms with E-state index in [1.165, 1.54) is 0 Å². The largest absolute Gasteiger partial charge is 0.462 e. The molecule has 1 unspecified atom stereocenters. The summed E-state index contributed by atoms with van der Waals surface area (Å²) in [4.78, 5) is 11.5. The zero-order chi connectivity index (χ0) is 17.7. The highest BCUT2D eigenvalue weighted by Crippen LogP contribution is 2.29. The Morgan fingerprint density at radius 3 is 2.09 bits per heavy atom. The lowest BCUT2D eigenvalue weighted by molar-refractivity contribution is -0.146. The van der Waals surface area contributed by atoms with Crippen LogP contribution in [0.25, 0.3) is 0 Å². The summed E-state index contributed by atoms with van der Waals surface area (Å²) in [7, 11) is 0. The molecule has 0 aliphatic heterocycles. The third kappa shape index (κ3) is 7.34. The fourth-order valence-corrected chi connectivity index (χ4v) is 1.70. The highest BCUT2D eigenvalue weighted by Gasteiger charge is 2.32. The van der Waals surface area contributed by atoms with Crippen molar-refractivity contribution in [1.29, 1.82) is 0 Å². The van der Waals surface area contributed by atoms with Crippen molar-refractivity contribution in [1.82, 2.24) is 0 Å². The fourth-order valence-electron chi connectivity index (χ4n) is 1.70. The van der Waals surface area contributed by atoms with E-state index in [-0.39, 0.29) is 18.6 Å². The van der Waals surface area contributed by atoms with E-state index in [4.69, 9.17) is 0 Å². The first-order valence-electron chi connectivity index (χ1n) is 6.54. The summed E-state index contributed by atoms with van der Waals surface area (Å²) in [5.41, 5.74) is -1.06. The Morgan fingerprint density at radius 2 is 1.61 bits per heavy atom. The second kappa shape index (κ2) is 7.65. The molecule has 1 atom stereocenters. The van der Waals surface area contributed by atoms with Gasteiger partial charge in [0, 0.05) is 0 Å². The van der Waals surface area contributed by atoms with Gasteiger partial charge in [0.2, 0.25) is 0 Å². The second-order valence-corrected chi connectivity index (χ2v) is 4.77. The molecular formula is C14H13F7O2. The van der Waals surface area contributed by atoms with E-state index in [0.29, 0.717) is 12.1 Å². The molecule has 0 saturated heterocycles. The fraction of sp³-hybridized carbons (Fsp3) is 0.500. The Balaban J connectivity index is 2.37. The van der Waals surface area contributed by atoms with Crippen LogP contribution in [0.2, 0.25) is 0 Å². The maximum absolute atomic E-state index is 12.9. The predicted molar refractivity (Wildman–Crippen MR) is 66.5 cm³/mol. The van der Waals surface area contributed by atoms with Crippen molar-refractivity contribution in [2.45, 2.75) is 37.8 Å². The molecule has 0 heterocycles. The summed E-state index contributed by atoms with van der Waals surface area (Å²) >= 11 is 0. The molecule has 9 heteroatoms. The summed E-state index contributed by atoms with van der Waals surface area (Å²) in [6, 6.07) is 3.26. The molecule has 1 aromatic rings. The van der Waals surface area contributed by atoms with Crippen LogP contribution in [0, 0.1) is 0 Å². The molecule has 1 rings (SSSR count). The van der Waals surface area contributed by atoms with Crippen molar-refractivity contribution in [2.24, 2.45) is 0 Å². The summed E-state index contributed by atoms with van der Waals surface area (Å²) in [5, 5.41) is 0. The van der Waals surface area contributed by atoms with Crippen molar-refractivity contribution >= 4 is 5.97 Å². The number of alkyl halides is 7. The van der Waals surface area contributed by atoms with Gasteiger partial charge in [0.05, 0.1) is 24.2 Å². The summed E-state index contributed by atoms with van der Waals surface area (Å²) in [6.45, 7) is -0.321. The third-order valence-corrected chi connectivity index (χ3v) is 2.80. The lowest BCUT2D eigenvalue weighted by Gasteiger charge is -2.11. The van der Waals surface area contributed by atoms with Gasteiger partial charge in [-0.2, -0.15) is 26.3 Å². The number of hydrogen-bond acceptors (Lipinski definition) is 2. The van der Waals surface area contributed by atoms with Crippen LogP contribution in [0.15, 0.2) is 24.3 Å². The van der Waals surface area contributed by atoms with E-state index >= 15 is 0 Å². The minimum atomic E-state index is -4.60. The van der Waals surface area contributed by atoms with Gasteiger partial charge in [0.15, 0.2) is 0 Å². The molecule has 0 saturated carbocycles. The Labute approximate surface area is 127 Å². The molecule has 0 aliphatic rings. The first-order valence-corrected chi connectivity index (χ1v) is 6.54. The van der Waals surface area contributed by atoms with Crippen LogP contribution in [0.4, 0.5) is 30.7 Å². The van der Waals surface area contributed by atoms with E-state index in [1.54, 1.807) is 0 Å². The monoisotopic (exact) mass is 346 g/mol. The summed E-state index contributed by atoms with van der Waals surface area (Å²) in [5.74, 6) is -0.926. The quantitative estimate of drug-likeness (QED) is 0.415. The Kier molecular flexibility index (Phi) is 6.40. The standard InChI is InChI=1S/C14H13F7O2/c15-11(8-13(16,17)18)2-1-7-23-12(22)9-3-5-10(6-4-9)14(19,20)21/h3-6,11H,1-2,7-8H2. The molecule has 2 nitrogen and oxygen atoms in total. The van der Waals surface area contributed by atoms with E-state index in [1.807, 2.05) is 0 Å². The SMILES string of the molecule is O=C(OCCCC(F)CC(F)(F)F)c1ccc(C(F)(F)F)cc1. The molecule has 1 aromatic carbocycles. The van der Waals surface area contributed by atoms with Gasteiger partial charge in [0.1, 0.15) is 6.17 Å². The first kappa shape index (κ1) is 19.2. The lowest BCUT2D eigenvalue weighted by Crippen LogP contribution is -2.16. The third-order valence-electron chi connectivity index (χ3n) is 2.80. The van der Waals surface area contributed by atoms with Crippen molar-refractivity contribution in [3.8, 4) is 0 Å². The van der Waals surface area contributed by atoms with E-state index in [9.17, 15) is 35.5 Å². The number of hydrogen-bond donors (Lipinski definition) is 0. The van der Waals surface area contributed by atoms with Gasteiger partial charge < -0.3 is 4.74 Å². The molecular weight excluding hydrogens is 333 g/mol. The number of esters is 1. The van der Waals surface area contributed by atoms with Crippen molar-refractivity contribution < 1.29 is 40.3 Å². The van der Waals surface area contributed by atoms with Gasteiger partial charge in [-0.1, -0.05) is 0 Å². The first-order chi connectivity index (χ1) is 10.5. The topological polar surface area (TPSA) is 26.3 Å². The molecule has 0 aromatic heterocycles. The Bertz CT molecular complexity index is 505. The number of halogens is 7. The molecule has 0 bridgehead atoms. The minimum Gasteiger partial charge on any atom is -0.462 e. The molecule has 0 aliphatic carbocycles. The van der Waals surface area contributed by atoms with Gasteiger partial charge in [0.25, 0.3) is 0 Å². The van der Waals surface area contributed by atoms with Gasteiger partial charge in [-0.3, -0.25) is 0 Å². The zero-order valence-electron chi connectivity index (χ0n) is 11.7. The van der Waals surface area contributed by atoms with Crippen LogP contribution in [-0.4, -0.2) is 24.9 Å². The van der Waals surface area contributed by atoms with Crippen LogP contribution in [0.5, 0.6) is 0 Å². The van der Waals surface area contributed by atoms with Crippen LogP contribution in [-0.2, 0) is 10.9 Å². The summed E-state index contributed by atoms with van der Waals surface area (Å²) < 4.78 is 90.2. The summed E-state index contributed by atoms with van der Waals surface area (Å²) in [6.07, 6.45) is -13.3. The predicted octanol–water partition coefficient (Wildman–Crippen LogP) is 4.93. The average Bonchev–Trinajstić information content (AvgIpc) is 2.40. The lowest BCUT2D eigenvalue weighted by atomic mass is 10.1. The Morgan fingerprint density at radius 1 is 1.04 bits per heavy atom. The van der Waals surface area contributed by atoms with Crippen molar-refractivity contribution in [3.05, 3.63) is 35.4 Å². The highest BCUT2D eigenvalue weighted by atomic mass is 19.4. The van der Waals surface area contributed by atoms with Crippen LogP contribution < -0.4 is 0 Å². The van der Waals surface area contributed by atoms with E-state index in [0.717, 1.165) is 12.1 Å². The number of carbonyl (C=O) groups excluding carboxylic acids is 1. The number of benzene rings is 1. The molecule has 23 heavy (non-hydrogen) atoms. The van der Waals surface area contributed by atoms with Crippen molar-refractivity contribution in [3.63, 3.8) is 0 Å². The maximum atomic E-state index is 12.9. The molecule has 0 spiro atoms. The minimum absolute atomic E-state index is 0.121. The maximum Gasteiger partial charge on any atom is 0.416 e. The highest BCUT2D eigenvalue weighted by molar-refractivity contribution is 5.89. The van der Waals surface area contributed by atoms with Crippen LogP contribution >= 0.6 is 0 Å². The van der Waals surface area contributed by atoms with Gasteiger partial charge in [-0.25, -0.2) is 9.18 Å². The molecule has 0 amide bonds. The molecule has 0 radical (unpaired) electrons.